The second kappa shape index (κ2) is 26.2. The third kappa shape index (κ3) is 14.4. The molecule has 70 heavy (non-hydrogen) atoms. The van der Waals surface area contributed by atoms with Crippen LogP contribution in [-0.4, -0.2) is 113 Å². The summed E-state index contributed by atoms with van der Waals surface area (Å²) in [6.07, 6.45) is 7.63. The van der Waals surface area contributed by atoms with Gasteiger partial charge in [0.15, 0.2) is 12.1 Å². The van der Waals surface area contributed by atoms with Gasteiger partial charge in [-0.2, -0.15) is 5.10 Å². The Morgan fingerprint density at radius 2 is 1.51 bits per heavy atom. The number of aliphatic hydroxyl groups excluding tert-OH is 1. The number of aldehydes is 1. The number of aliphatic hydroxyl groups is 1. The van der Waals surface area contributed by atoms with Crippen molar-refractivity contribution in [2.24, 2.45) is 20.9 Å². The molecule has 1 aliphatic carbocycles. The van der Waals surface area contributed by atoms with Crippen molar-refractivity contribution in [1.82, 2.24) is 14.7 Å². The first-order chi connectivity index (χ1) is 33.2. The zero-order valence-corrected chi connectivity index (χ0v) is 42.6. The van der Waals surface area contributed by atoms with Gasteiger partial charge in [-0.1, -0.05) is 51.3 Å². The number of hydrogen-bond acceptors (Lipinski definition) is 12. The SMILES string of the molecule is C=C(O)CC1CCC(N(C/C2=C/C(=C)N=C(C(F)F)N=C(N(c3cccc(-c4cccc5c4cnn5-c4cc(OC)c(C=O)c(OC)c4)c3C)C(C)(C)C)CN=C2)C(C)(C)C)CC1.C=O.CC.O=CO. The second-order valence-electron chi connectivity index (χ2n) is 18.5. The lowest BCUT2D eigenvalue weighted by Crippen LogP contribution is -2.50. The Morgan fingerprint density at radius 3 is 2.04 bits per heavy atom. The normalized spacial score (nSPS) is 17.0. The summed E-state index contributed by atoms with van der Waals surface area (Å²) in [4.78, 5) is 46.5. The number of alkyl halides is 2. The number of hydrogen-bond donors (Lipinski definition) is 2. The number of methoxy groups -OCH3 is 2. The van der Waals surface area contributed by atoms with Crippen LogP contribution in [-0.2, 0) is 9.59 Å². The lowest BCUT2D eigenvalue weighted by Gasteiger charge is -2.45. The van der Waals surface area contributed by atoms with Gasteiger partial charge in [0, 0.05) is 59.5 Å². The topological polar surface area (TPSA) is 172 Å². The molecular weight excluding hydrogens is 897 g/mol. The van der Waals surface area contributed by atoms with Crippen LogP contribution in [0.3, 0.4) is 0 Å². The monoisotopic (exact) mass is 968 g/mol. The molecule has 1 aliphatic heterocycles. The maximum absolute atomic E-state index is 14.9. The first-order valence-corrected chi connectivity index (χ1v) is 23.2. The number of allylic oxidation sites excluding steroid dienone is 2. The van der Waals surface area contributed by atoms with Gasteiger partial charge in [-0.15, -0.1) is 0 Å². The molecule has 14 nitrogen and oxygen atoms in total. The molecular formula is C54H71F2N7O7. The average molecular weight is 968 g/mol. The van der Waals surface area contributed by atoms with E-state index in [1.807, 2.05) is 95.8 Å². The Balaban J connectivity index is 0.00000176. The summed E-state index contributed by atoms with van der Waals surface area (Å²) in [6, 6.07) is 15.7. The lowest BCUT2D eigenvalue weighted by molar-refractivity contribution is -0.122. The van der Waals surface area contributed by atoms with Gasteiger partial charge in [0.25, 0.3) is 12.9 Å². The van der Waals surface area contributed by atoms with E-state index in [4.69, 9.17) is 34.3 Å². The van der Waals surface area contributed by atoms with Gasteiger partial charge in [0.2, 0.25) is 0 Å². The van der Waals surface area contributed by atoms with Crippen molar-refractivity contribution in [3.8, 4) is 28.3 Å². The van der Waals surface area contributed by atoms with E-state index in [0.29, 0.717) is 53.8 Å². The van der Waals surface area contributed by atoms with Crippen molar-refractivity contribution >= 4 is 54.0 Å². The van der Waals surface area contributed by atoms with Crippen molar-refractivity contribution in [2.75, 3.05) is 32.2 Å². The Morgan fingerprint density at radius 1 is 0.929 bits per heavy atom. The molecule has 16 heteroatoms. The molecule has 0 radical (unpaired) electrons. The van der Waals surface area contributed by atoms with Gasteiger partial charge in [0.05, 0.1) is 55.2 Å². The smallest absolute Gasteiger partial charge is 0.297 e. The molecule has 0 bridgehead atoms. The Labute approximate surface area is 411 Å². The minimum Gasteiger partial charge on any atom is -0.513 e. The number of anilines is 1. The summed E-state index contributed by atoms with van der Waals surface area (Å²) >= 11 is 0. The van der Waals surface area contributed by atoms with Crippen LogP contribution < -0.4 is 14.4 Å². The standard InChI is InChI=1S/C50H61F2N7O4.C2H6.CH2O2.CH2O/c1-31-22-35(29-57(49(4,5)6)36-20-18-34(19-21-36)23-32(2)61)26-53-28-46(56-48(55-31)47(51)52)58(50(7,8)9)42-16-12-14-38(33(42)3)39-15-13-17-43-40(39)27-54-59(43)37-24-44(62-10)41(30-60)45(25-37)63-11;1-2;2-1-3;1-2/h12-17,22,24-27,30,34,36,47,61H,1-2,18-21,23,28-29H2,3-11H3;1-2H3;1H,(H,2,3);1H2/b35-22+,53-26?,55-48?,56-46?;;;. The minimum absolute atomic E-state index is 0.0142. The van der Waals surface area contributed by atoms with E-state index in [-0.39, 0.29) is 36.1 Å². The number of rotatable bonds is 12. The molecule has 1 fully saturated rings. The molecule has 6 rings (SSSR count). The largest absolute Gasteiger partial charge is 0.513 e. The Hall–Kier alpha value is -6.81. The number of halogens is 2. The molecule has 0 atom stereocenters. The van der Waals surface area contributed by atoms with E-state index in [0.717, 1.165) is 64.5 Å². The van der Waals surface area contributed by atoms with Gasteiger partial charge >= 0.3 is 0 Å². The van der Waals surface area contributed by atoms with Crippen LogP contribution >= 0.6 is 0 Å². The number of ether oxygens (including phenoxy) is 2. The van der Waals surface area contributed by atoms with Gasteiger partial charge in [0.1, 0.15) is 24.1 Å². The zero-order valence-electron chi connectivity index (χ0n) is 42.6. The van der Waals surface area contributed by atoms with E-state index < -0.39 is 17.8 Å². The molecule has 0 unspecified atom stereocenters. The number of fused-ring (bicyclic) bond motifs is 1. The predicted molar refractivity (Wildman–Crippen MR) is 279 cm³/mol. The Bertz CT molecular complexity index is 2540. The van der Waals surface area contributed by atoms with Crippen LogP contribution in [0.1, 0.15) is 103 Å². The fourth-order valence-corrected chi connectivity index (χ4v) is 8.98. The quantitative estimate of drug-likeness (QED) is 0.103. The number of benzene rings is 3. The molecule has 2 N–H and O–H groups in total. The van der Waals surface area contributed by atoms with Gasteiger partial charge in [-0.3, -0.25) is 19.5 Å². The van der Waals surface area contributed by atoms with Gasteiger partial charge in [-0.05, 0) is 121 Å². The molecule has 4 aromatic rings. The fourth-order valence-electron chi connectivity index (χ4n) is 8.98. The highest BCUT2D eigenvalue weighted by Gasteiger charge is 2.34. The van der Waals surface area contributed by atoms with E-state index >= 15 is 0 Å². The maximum atomic E-state index is 14.9. The van der Waals surface area contributed by atoms with Crippen LogP contribution in [0.25, 0.3) is 27.7 Å². The summed E-state index contributed by atoms with van der Waals surface area (Å²) in [6.45, 7) is 28.7. The van der Waals surface area contributed by atoms with Crippen LogP contribution in [0.5, 0.6) is 11.5 Å². The first kappa shape index (κ1) is 57.5. The first-order valence-electron chi connectivity index (χ1n) is 23.2. The summed E-state index contributed by atoms with van der Waals surface area (Å²) in [5.41, 5.74) is 5.41. The lowest BCUT2D eigenvalue weighted by atomic mass is 9.81. The summed E-state index contributed by atoms with van der Waals surface area (Å²) in [7, 11) is 3.00. The van der Waals surface area contributed by atoms with E-state index in [1.165, 1.54) is 14.2 Å². The molecule has 378 valence electrons. The molecule has 1 saturated carbocycles. The number of aliphatic imine (C=N–C) groups is 3. The van der Waals surface area contributed by atoms with Crippen molar-refractivity contribution in [3.05, 3.63) is 102 Å². The molecule has 0 spiro atoms. The molecule has 1 aromatic heterocycles. The zero-order chi connectivity index (χ0) is 52.5. The number of aromatic nitrogens is 2. The number of carbonyl (C=O) groups excluding carboxylic acids is 2. The highest BCUT2D eigenvalue weighted by Crippen LogP contribution is 2.39. The molecule has 0 amide bonds. The number of carboxylic acid groups (broad SMARTS) is 1. The summed E-state index contributed by atoms with van der Waals surface area (Å²) in [5, 5.41) is 22.3. The maximum Gasteiger partial charge on any atom is 0.297 e. The van der Waals surface area contributed by atoms with Crippen molar-refractivity contribution in [2.45, 2.75) is 118 Å². The van der Waals surface area contributed by atoms with E-state index in [2.05, 4.69) is 48.8 Å². The Kier molecular flexibility index (Phi) is 21.6. The molecule has 2 aliphatic rings. The summed E-state index contributed by atoms with van der Waals surface area (Å²) in [5.74, 6) is 1.05. The van der Waals surface area contributed by atoms with Crippen LogP contribution in [0.15, 0.2) is 106 Å². The van der Waals surface area contributed by atoms with E-state index in [9.17, 15) is 18.7 Å². The van der Waals surface area contributed by atoms with Crippen LogP contribution in [0.2, 0.25) is 0 Å². The second-order valence-corrected chi connectivity index (χ2v) is 18.5. The van der Waals surface area contributed by atoms with Crippen molar-refractivity contribution in [3.63, 3.8) is 0 Å². The highest BCUT2D eigenvalue weighted by atomic mass is 19.3. The van der Waals surface area contributed by atoms with Crippen LogP contribution in [0, 0.1) is 12.8 Å². The van der Waals surface area contributed by atoms with Gasteiger partial charge < -0.3 is 29.4 Å². The third-order valence-electron chi connectivity index (χ3n) is 11.8. The highest BCUT2D eigenvalue weighted by molar-refractivity contribution is 6.10. The van der Waals surface area contributed by atoms with Crippen molar-refractivity contribution in [1.29, 1.82) is 0 Å². The molecule has 0 saturated heterocycles. The minimum atomic E-state index is -2.97. The predicted octanol–water partition coefficient (Wildman–Crippen LogP) is 11.7. The molecule has 3 aromatic carbocycles. The molecule has 2 heterocycles. The third-order valence-corrected chi connectivity index (χ3v) is 11.8. The van der Waals surface area contributed by atoms with E-state index in [1.54, 1.807) is 29.1 Å². The number of amidine groups is 2. The fraction of sp³-hybridized carbons (Fsp3) is 0.426. The van der Waals surface area contributed by atoms with Crippen LogP contribution in [0.4, 0.5) is 14.5 Å². The number of nitrogens with zero attached hydrogens (tertiary/aromatic N) is 7. The average Bonchev–Trinajstić information content (AvgIpc) is 3.76. The summed E-state index contributed by atoms with van der Waals surface area (Å²) < 4.78 is 42.7. The van der Waals surface area contributed by atoms with Gasteiger partial charge in [-0.25, -0.2) is 23.4 Å². The number of carbonyl (C=O) groups is 3. The van der Waals surface area contributed by atoms with Crippen molar-refractivity contribution < 1.29 is 42.9 Å².